The third kappa shape index (κ3) is 4.55. The van der Waals surface area contributed by atoms with Crippen LogP contribution in [0.5, 0.6) is 0 Å². The van der Waals surface area contributed by atoms with Crippen LogP contribution in [0.2, 0.25) is 0 Å². The van der Waals surface area contributed by atoms with Crippen molar-refractivity contribution in [2.75, 3.05) is 19.6 Å². The molecule has 7 heteroatoms. The van der Waals surface area contributed by atoms with E-state index in [1.807, 2.05) is 0 Å². The first-order chi connectivity index (χ1) is 14.9. The summed E-state index contributed by atoms with van der Waals surface area (Å²) >= 11 is 0. The number of β-amino-alcohol motifs (C(OH)–C–C–N with tert-alkyl or cyclic N) is 1. The second-order valence-electron chi connectivity index (χ2n) is 11.3. The van der Waals surface area contributed by atoms with Crippen molar-refractivity contribution in [1.82, 2.24) is 4.90 Å². The average Bonchev–Trinajstić information content (AvgIpc) is 3.01. The Labute approximate surface area is 189 Å². The molecule has 0 bridgehead atoms. The molecular formula is C25H38F3NO3. The van der Waals surface area contributed by atoms with Gasteiger partial charge < -0.3 is 15.3 Å². The Morgan fingerprint density at radius 3 is 2.41 bits per heavy atom. The summed E-state index contributed by atoms with van der Waals surface area (Å²) in [5.74, 6) is 1.23. The molecule has 32 heavy (non-hydrogen) atoms. The number of alkyl halides is 3. The number of nitrogens with zero attached hydrogens (tertiary/aromatic N) is 1. The number of hydrogen-bond acceptors (Lipinski definition) is 4. The fraction of sp³-hybridized carbons (Fsp3) is 0.840. The molecule has 1 saturated heterocycles. The molecule has 0 amide bonds. The molecule has 182 valence electrons. The molecule has 4 fully saturated rings. The predicted molar refractivity (Wildman–Crippen MR) is 117 cm³/mol. The van der Waals surface area contributed by atoms with Crippen molar-refractivity contribution < 1.29 is 28.5 Å². The van der Waals surface area contributed by atoms with E-state index < -0.39 is 24.0 Å². The van der Waals surface area contributed by atoms with Gasteiger partial charge >= 0.3 is 6.18 Å². The maximum Gasteiger partial charge on any atom is 0.419 e. The SMILES string of the molecule is CC(CN1CC(O)(C(F)(F)F)C1)[C@H]1CC[C@H]2/C(=C/C=C3C[C@@H](O)C[C@H](O)C3)CCC[C@]12C. The fourth-order valence-corrected chi connectivity index (χ4v) is 7.28. The lowest BCUT2D eigenvalue weighted by Gasteiger charge is -2.50. The number of halogens is 3. The largest absolute Gasteiger partial charge is 0.419 e. The van der Waals surface area contributed by atoms with Crippen LogP contribution in [-0.4, -0.2) is 63.8 Å². The number of aliphatic hydroxyl groups excluding tert-OH is 2. The van der Waals surface area contributed by atoms with Crippen LogP contribution < -0.4 is 0 Å². The lowest BCUT2D eigenvalue weighted by atomic mass is 9.61. The minimum atomic E-state index is -4.56. The van der Waals surface area contributed by atoms with E-state index in [2.05, 4.69) is 26.0 Å². The fourth-order valence-electron chi connectivity index (χ4n) is 7.28. The van der Waals surface area contributed by atoms with E-state index in [1.165, 1.54) is 5.57 Å². The summed E-state index contributed by atoms with van der Waals surface area (Å²) in [6.45, 7) is 4.49. The van der Waals surface area contributed by atoms with Crippen molar-refractivity contribution in [3.8, 4) is 0 Å². The highest BCUT2D eigenvalue weighted by molar-refractivity contribution is 5.26. The number of fused-ring (bicyclic) bond motifs is 1. The molecule has 0 radical (unpaired) electrons. The highest BCUT2D eigenvalue weighted by Gasteiger charge is 2.61. The molecule has 4 aliphatic rings. The Morgan fingerprint density at radius 2 is 1.78 bits per heavy atom. The Morgan fingerprint density at radius 1 is 1.12 bits per heavy atom. The van der Waals surface area contributed by atoms with E-state index in [0.717, 1.165) is 37.7 Å². The lowest BCUT2D eigenvalue weighted by molar-refractivity contribution is -0.302. The minimum Gasteiger partial charge on any atom is -0.393 e. The van der Waals surface area contributed by atoms with Crippen LogP contribution in [0.25, 0.3) is 0 Å². The van der Waals surface area contributed by atoms with Crippen molar-refractivity contribution in [2.45, 2.75) is 89.2 Å². The normalized spacial score (nSPS) is 40.1. The maximum absolute atomic E-state index is 13.0. The van der Waals surface area contributed by atoms with Crippen LogP contribution in [0.1, 0.15) is 65.2 Å². The number of allylic oxidation sites excluding steroid dienone is 3. The first kappa shape index (κ1) is 24.2. The molecule has 3 aliphatic carbocycles. The lowest BCUT2D eigenvalue weighted by Crippen LogP contribution is -2.69. The van der Waals surface area contributed by atoms with Crippen molar-refractivity contribution in [2.24, 2.45) is 23.2 Å². The van der Waals surface area contributed by atoms with Gasteiger partial charge in [0.15, 0.2) is 5.60 Å². The summed E-state index contributed by atoms with van der Waals surface area (Å²) in [4.78, 5) is 1.75. The first-order valence-corrected chi connectivity index (χ1v) is 12.2. The predicted octanol–water partition coefficient (Wildman–Crippen LogP) is 4.21. The van der Waals surface area contributed by atoms with Crippen LogP contribution >= 0.6 is 0 Å². The van der Waals surface area contributed by atoms with Crippen LogP contribution in [0.3, 0.4) is 0 Å². The monoisotopic (exact) mass is 457 g/mol. The molecule has 4 nitrogen and oxygen atoms in total. The molecule has 0 aromatic rings. The van der Waals surface area contributed by atoms with Crippen molar-refractivity contribution in [3.05, 3.63) is 23.3 Å². The second-order valence-corrected chi connectivity index (χ2v) is 11.3. The summed E-state index contributed by atoms with van der Waals surface area (Å²) in [7, 11) is 0. The zero-order valence-electron chi connectivity index (χ0n) is 19.2. The number of rotatable bonds is 4. The van der Waals surface area contributed by atoms with Gasteiger partial charge in [0, 0.05) is 19.6 Å². The summed E-state index contributed by atoms with van der Waals surface area (Å²) in [5.41, 5.74) is 0.169. The van der Waals surface area contributed by atoms with E-state index in [4.69, 9.17) is 0 Å². The van der Waals surface area contributed by atoms with E-state index >= 15 is 0 Å². The zero-order valence-corrected chi connectivity index (χ0v) is 19.2. The van der Waals surface area contributed by atoms with Crippen molar-refractivity contribution in [1.29, 1.82) is 0 Å². The quantitative estimate of drug-likeness (QED) is 0.592. The summed E-state index contributed by atoms with van der Waals surface area (Å²) < 4.78 is 38.9. The summed E-state index contributed by atoms with van der Waals surface area (Å²) in [6.07, 6.45) is 6.09. The third-order valence-electron chi connectivity index (χ3n) is 8.84. The molecule has 0 aromatic carbocycles. The van der Waals surface area contributed by atoms with Crippen LogP contribution in [0.15, 0.2) is 23.3 Å². The third-order valence-corrected chi connectivity index (χ3v) is 8.84. The summed E-state index contributed by atoms with van der Waals surface area (Å²) in [6, 6.07) is 0. The van der Waals surface area contributed by atoms with Gasteiger partial charge in [0.05, 0.1) is 12.2 Å². The molecule has 0 aromatic heterocycles. The minimum absolute atomic E-state index is 0.152. The van der Waals surface area contributed by atoms with Gasteiger partial charge in [-0.05, 0) is 74.5 Å². The van der Waals surface area contributed by atoms with Gasteiger partial charge in [-0.15, -0.1) is 0 Å². The van der Waals surface area contributed by atoms with Gasteiger partial charge in [0.2, 0.25) is 0 Å². The number of hydrogen-bond donors (Lipinski definition) is 3. The smallest absolute Gasteiger partial charge is 0.393 e. The van der Waals surface area contributed by atoms with E-state index in [9.17, 15) is 28.5 Å². The highest BCUT2D eigenvalue weighted by atomic mass is 19.4. The zero-order chi connectivity index (χ0) is 23.3. The Hall–Kier alpha value is -0.890. The Balaban J connectivity index is 1.40. The van der Waals surface area contributed by atoms with Gasteiger partial charge in [-0.3, -0.25) is 4.90 Å². The molecule has 4 rings (SSSR count). The Bertz CT molecular complexity index is 746. The summed E-state index contributed by atoms with van der Waals surface area (Å²) in [5, 5.41) is 29.6. The average molecular weight is 458 g/mol. The van der Waals surface area contributed by atoms with E-state index in [0.29, 0.717) is 37.6 Å². The van der Waals surface area contributed by atoms with Gasteiger partial charge in [-0.25, -0.2) is 0 Å². The van der Waals surface area contributed by atoms with Crippen molar-refractivity contribution in [3.63, 3.8) is 0 Å². The van der Waals surface area contributed by atoms with Gasteiger partial charge in [-0.2, -0.15) is 13.2 Å². The van der Waals surface area contributed by atoms with Crippen LogP contribution in [-0.2, 0) is 0 Å². The highest BCUT2D eigenvalue weighted by Crippen LogP contribution is 2.59. The van der Waals surface area contributed by atoms with E-state index in [-0.39, 0.29) is 24.4 Å². The Kier molecular flexibility index (Phi) is 6.60. The standard InChI is InChI=1S/C25H38F3NO3/c1-16(13-29-14-24(32,15-29)25(26,27)28)21-7-8-22-18(4-3-9-23(21,22)2)6-5-17-10-19(30)12-20(31)11-17/h5-6,16,19-22,30-32H,3-4,7-15H2,1-2H3/b18-6+/t16?,19-,20-,21-,22+,23-/m1/s1. The van der Waals surface area contributed by atoms with Crippen molar-refractivity contribution >= 4 is 0 Å². The van der Waals surface area contributed by atoms with Gasteiger partial charge in [0.1, 0.15) is 0 Å². The maximum atomic E-state index is 13.0. The van der Waals surface area contributed by atoms with E-state index in [1.54, 1.807) is 4.90 Å². The number of aliphatic hydroxyl groups is 3. The molecule has 3 N–H and O–H groups in total. The molecule has 6 atom stereocenters. The van der Waals surface area contributed by atoms with Gasteiger partial charge in [-0.1, -0.05) is 37.1 Å². The van der Waals surface area contributed by atoms with Crippen LogP contribution in [0, 0.1) is 23.2 Å². The molecule has 1 unspecified atom stereocenters. The molecule has 3 saturated carbocycles. The topological polar surface area (TPSA) is 63.9 Å². The van der Waals surface area contributed by atoms with Gasteiger partial charge in [0.25, 0.3) is 0 Å². The first-order valence-electron chi connectivity index (χ1n) is 12.2. The molecule has 1 aliphatic heterocycles. The molecule has 1 heterocycles. The number of likely N-dealkylation sites (tertiary alicyclic amines) is 1. The second kappa shape index (κ2) is 8.71. The molecular weight excluding hydrogens is 419 g/mol. The molecule has 0 spiro atoms. The van der Waals surface area contributed by atoms with Crippen LogP contribution in [0.4, 0.5) is 13.2 Å².